The molecule has 0 aromatic heterocycles. The zero-order valence-corrected chi connectivity index (χ0v) is 14.3. The number of hydrogen-bond acceptors (Lipinski definition) is 3. The van der Waals surface area contributed by atoms with Gasteiger partial charge < -0.3 is 19.9 Å². The predicted octanol–water partition coefficient (Wildman–Crippen LogP) is 1.59. The smallest absolute Gasteiger partial charge is 0.317 e. The van der Waals surface area contributed by atoms with E-state index in [4.69, 9.17) is 4.74 Å². The number of urea groups is 1. The zero-order chi connectivity index (χ0) is 17.4. The van der Waals surface area contributed by atoms with Crippen molar-refractivity contribution in [3.8, 4) is 0 Å². The summed E-state index contributed by atoms with van der Waals surface area (Å²) in [5.74, 6) is -0.0289. The fourth-order valence-corrected chi connectivity index (χ4v) is 2.43. The molecule has 1 aliphatic heterocycles. The van der Waals surface area contributed by atoms with Crippen LogP contribution in [0.3, 0.4) is 0 Å². The molecule has 1 fully saturated rings. The Labute approximate surface area is 143 Å². The maximum Gasteiger partial charge on any atom is 0.317 e. The average molecular weight is 331 g/mol. The number of ether oxygens (including phenoxy) is 1. The van der Waals surface area contributed by atoms with Crippen molar-refractivity contribution in [3.05, 3.63) is 42.0 Å². The van der Waals surface area contributed by atoms with Crippen molar-refractivity contribution >= 4 is 18.0 Å². The Bertz CT molecular complexity index is 574. The number of nitrogens with zero attached hydrogens (tertiary/aromatic N) is 2. The summed E-state index contributed by atoms with van der Waals surface area (Å²) in [4.78, 5) is 27.0. The molecule has 1 heterocycles. The largest absolute Gasteiger partial charge is 0.365 e. The van der Waals surface area contributed by atoms with E-state index < -0.39 is 0 Å². The molecule has 0 spiro atoms. The number of benzene rings is 1. The Hall–Kier alpha value is -2.34. The van der Waals surface area contributed by atoms with E-state index >= 15 is 0 Å². The summed E-state index contributed by atoms with van der Waals surface area (Å²) in [7, 11) is 1.74. The van der Waals surface area contributed by atoms with Crippen LogP contribution in [-0.4, -0.2) is 67.7 Å². The minimum atomic E-state index is -0.157. The molecule has 0 radical (unpaired) electrons. The first kappa shape index (κ1) is 18.0. The van der Waals surface area contributed by atoms with E-state index in [2.05, 4.69) is 5.32 Å². The highest BCUT2D eigenvalue weighted by molar-refractivity contribution is 5.78. The summed E-state index contributed by atoms with van der Waals surface area (Å²) in [6.45, 7) is 4.08. The molecule has 0 aliphatic carbocycles. The molecule has 6 nitrogen and oxygen atoms in total. The van der Waals surface area contributed by atoms with Gasteiger partial charge in [-0.3, -0.25) is 4.79 Å². The third-order valence-electron chi connectivity index (χ3n) is 3.93. The number of rotatable bonds is 6. The molecule has 1 aromatic carbocycles. The predicted molar refractivity (Wildman–Crippen MR) is 93.5 cm³/mol. The summed E-state index contributed by atoms with van der Waals surface area (Å²) >= 11 is 0. The van der Waals surface area contributed by atoms with E-state index in [1.165, 1.54) is 0 Å². The van der Waals surface area contributed by atoms with Gasteiger partial charge in [-0.2, -0.15) is 0 Å². The molecule has 24 heavy (non-hydrogen) atoms. The topological polar surface area (TPSA) is 61.9 Å². The lowest BCUT2D eigenvalue weighted by Crippen LogP contribution is -2.50. The van der Waals surface area contributed by atoms with E-state index in [0.29, 0.717) is 26.2 Å². The second kappa shape index (κ2) is 9.08. The fourth-order valence-electron chi connectivity index (χ4n) is 2.43. The van der Waals surface area contributed by atoms with Crippen molar-refractivity contribution in [2.75, 3.05) is 39.8 Å². The van der Waals surface area contributed by atoms with Crippen LogP contribution >= 0.6 is 0 Å². The Morgan fingerprint density at radius 1 is 1.42 bits per heavy atom. The molecule has 1 saturated heterocycles. The molecule has 0 bridgehead atoms. The van der Waals surface area contributed by atoms with Crippen molar-refractivity contribution < 1.29 is 14.3 Å². The Morgan fingerprint density at radius 3 is 2.83 bits per heavy atom. The van der Waals surface area contributed by atoms with Gasteiger partial charge in [0.15, 0.2) is 0 Å². The molecule has 130 valence electrons. The van der Waals surface area contributed by atoms with E-state index in [0.717, 1.165) is 5.56 Å². The molecule has 1 atom stereocenters. The van der Waals surface area contributed by atoms with Gasteiger partial charge in [0.1, 0.15) is 6.61 Å². The van der Waals surface area contributed by atoms with E-state index in [1.807, 2.05) is 49.4 Å². The molecule has 1 aliphatic rings. The molecule has 0 saturated carbocycles. The van der Waals surface area contributed by atoms with E-state index in [-0.39, 0.29) is 24.6 Å². The quantitative estimate of drug-likeness (QED) is 0.861. The highest BCUT2D eigenvalue weighted by Crippen LogP contribution is 2.04. The Morgan fingerprint density at radius 2 is 2.17 bits per heavy atom. The van der Waals surface area contributed by atoms with Crippen LogP contribution in [-0.2, 0) is 9.53 Å². The summed E-state index contributed by atoms with van der Waals surface area (Å²) in [6, 6.07) is 9.85. The number of likely N-dealkylation sites (N-methyl/N-ethyl adjacent to an activating group) is 2. The van der Waals surface area contributed by atoms with Crippen LogP contribution in [0.5, 0.6) is 0 Å². The lowest BCUT2D eigenvalue weighted by Gasteiger charge is -2.30. The second-order valence-electron chi connectivity index (χ2n) is 5.75. The van der Waals surface area contributed by atoms with Crippen molar-refractivity contribution in [3.63, 3.8) is 0 Å². The Balaban J connectivity index is 1.77. The fraction of sp³-hybridized carbons (Fsp3) is 0.444. The van der Waals surface area contributed by atoms with Crippen molar-refractivity contribution in [1.82, 2.24) is 15.1 Å². The minimum Gasteiger partial charge on any atom is -0.365 e. The molecular weight excluding hydrogens is 306 g/mol. The molecule has 3 amide bonds. The van der Waals surface area contributed by atoms with Gasteiger partial charge in [-0.1, -0.05) is 42.5 Å². The van der Waals surface area contributed by atoms with Gasteiger partial charge in [-0.15, -0.1) is 0 Å². The summed E-state index contributed by atoms with van der Waals surface area (Å²) in [6.07, 6.45) is 3.82. The van der Waals surface area contributed by atoms with Crippen molar-refractivity contribution in [2.24, 2.45) is 0 Å². The standard InChI is InChI=1S/C18H25N3O3/c1-3-21(11-7-10-15-8-5-4-6-9-15)18(23)19-12-16-13-20(2)17(22)14-24-16/h4-10,16H,3,11-14H2,1-2H3,(H,19,23)/b10-7+/t16-/m1/s1. The summed E-state index contributed by atoms with van der Waals surface area (Å²) < 4.78 is 5.42. The van der Waals surface area contributed by atoms with Crippen LogP contribution in [0.2, 0.25) is 0 Å². The molecule has 1 N–H and O–H groups in total. The first-order chi connectivity index (χ1) is 11.6. The number of carbonyl (C=O) groups excluding carboxylic acids is 2. The normalized spacial score (nSPS) is 18.0. The lowest BCUT2D eigenvalue weighted by molar-refractivity contribution is -0.146. The average Bonchev–Trinajstić information content (AvgIpc) is 2.60. The minimum absolute atomic E-state index is 0.0289. The van der Waals surface area contributed by atoms with Crippen LogP contribution < -0.4 is 5.32 Å². The molecule has 2 rings (SSSR count). The van der Waals surface area contributed by atoms with Gasteiger partial charge >= 0.3 is 6.03 Å². The highest BCUT2D eigenvalue weighted by Gasteiger charge is 2.24. The van der Waals surface area contributed by atoms with Gasteiger partial charge in [0, 0.05) is 33.2 Å². The van der Waals surface area contributed by atoms with Crippen LogP contribution in [0.4, 0.5) is 4.79 Å². The highest BCUT2D eigenvalue weighted by atomic mass is 16.5. The second-order valence-corrected chi connectivity index (χ2v) is 5.75. The molecule has 6 heteroatoms. The number of hydrogen-bond donors (Lipinski definition) is 1. The zero-order valence-electron chi connectivity index (χ0n) is 14.3. The molecule has 0 unspecified atom stereocenters. The third-order valence-corrected chi connectivity index (χ3v) is 3.93. The van der Waals surface area contributed by atoms with Crippen molar-refractivity contribution in [1.29, 1.82) is 0 Å². The van der Waals surface area contributed by atoms with Crippen LogP contribution in [0.25, 0.3) is 6.08 Å². The monoisotopic (exact) mass is 331 g/mol. The number of amides is 3. The summed E-state index contributed by atoms with van der Waals surface area (Å²) in [5.41, 5.74) is 1.11. The SMILES string of the molecule is CCN(C/C=C/c1ccccc1)C(=O)NC[C@@H]1CN(C)C(=O)CO1. The number of nitrogens with one attached hydrogen (secondary N) is 1. The number of carbonyl (C=O) groups is 2. The van der Waals surface area contributed by atoms with Gasteiger partial charge in [0.05, 0.1) is 6.10 Å². The first-order valence-electron chi connectivity index (χ1n) is 8.20. The van der Waals surface area contributed by atoms with Gasteiger partial charge in [0.25, 0.3) is 0 Å². The first-order valence-corrected chi connectivity index (χ1v) is 8.20. The maximum absolute atomic E-state index is 12.2. The van der Waals surface area contributed by atoms with Crippen LogP contribution in [0, 0.1) is 0 Å². The third kappa shape index (κ3) is 5.38. The Kier molecular flexibility index (Phi) is 6.81. The lowest BCUT2D eigenvalue weighted by atomic mass is 10.2. The van der Waals surface area contributed by atoms with Crippen LogP contribution in [0.15, 0.2) is 36.4 Å². The van der Waals surface area contributed by atoms with Gasteiger partial charge in [-0.25, -0.2) is 4.79 Å². The maximum atomic E-state index is 12.2. The van der Waals surface area contributed by atoms with Crippen LogP contribution in [0.1, 0.15) is 12.5 Å². The van der Waals surface area contributed by atoms with Crippen molar-refractivity contribution in [2.45, 2.75) is 13.0 Å². The summed E-state index contributed by atoms with van der Waals surface area (Å²) in [5, 5.41) is 2.88. The van der Waals surface area contributed by atoms with Gasteiger partial charge in [-0.05, 0) is 12.5 Å². The molecular formula is C18H25N3O3. The number of morpholine rings is 1. The van der Waals surface area contributed by atoms with E-state index in [1.54, 1.807) is 16.8 Å². The van der Waals surface area contributed by atoms with E-state index in [9.17, 15) is 9.59 Å². The molecule has 1 aromatic rings. The van der Waals surface area contributed by atoms with Gasteiger partial charge in [0.2, 0.25) is 5.91 Å².